The van der Waals surface area contributed by atoms with Crippen molar-refractivity contribution in [3.05, 3.63) is 60.9 Å². The first kappa shape index (κ1) is 22.7. The van der Waals surface area contributed by atoms with E-state index in [-0.39, 0.29) is 16.7 Å². The molecule has 1 aliphatic rings. The second-order valence-corrected chi connectivity index (χ2v) is 9.40. The van der Waals surface area contributed by atoms with Crippen LogP contribution < -0.4 is 20.1 Å². The van der Waals surface area contributed by atoms with Crippen LogP contribution in [0, 0.1) is 5.92 Å². The standard InChI is InChI=1S/C23H25N5O4S/c1-32-19-8-4-16(5-9-19)21-13-22(26-15-25-21)28-12-2-3-17(14-28)23(29)27-18-6-10-20(11-7-18)33(24,30)31/h4-11,13,15,17H,2-3,12,14H2,1H3,(H,27,29)(H2,24,30,31). The molecule has 0 aliphatic carbocycles. The first-order chi connectivity index (χ1) is 15.8. The van der Waals surface area contributed by atoms with Gasteiger partial charge >= 0.3 is 0 Å². The summed E-state index contributed by atoms with van der Waals surface area (Å²) in [7, 11) is -2.15. The van der Waals surface area contributed by atoms with Crippen molar-refractivity contribution in [1.29, 1.82) is 0 Å². The van der Waals surface area contributed by atoms with Crippen molar-refractivity contribution in [2.75, 3.05) is 30.4 Å². The number of piperidine rings is 1. The van der Waals surface area contributed by atoms with Crippen molar-refractivity contribution in [1.82, 2.24) is 9.97 Å². The van der Waals surface area contributed by atoms with Crippen LogP contribution in [-0.2, 0) is 14.8 Å². The largest absolute Gasteiger partial charge is 0.497 e. The molecule has 1 amide bonds. The summed E-state index contributed by atoms with van der Waals surface area (Å²) in [5.41, 5.74) is 2.27. The molecule has 172 valence electrons. The molecule has 0 bridgehead atoms. The number of nitrogens with two attached hydrogens (primary N) is 1. The van der Waals surface area contributed by atoms with Gasteiger partial charge in [0.15, 0.2) is 0 Å². The van der Waals surface area contributed by atoms with Gasteiger partial charge in [-0.15, -0.1) is 0 Å². The summed E-state index contributed by atoms with van der Waals surface area (Å²) in [4.78, 5) is 23.7. The number of hydrogen-bond acceptors (Lipinski definition) is 7. The maximum Gasteiger partial charge on any atom is 0.238 e. The third-order valence-corrected chi connectivity index (χ3v) is 6.53. The number of carbonyl (C=O) groups is 1. The smallest absolute Gasteiger partial charge is 0.238 e. The Balaban J connectivity index is 1.44. The molecule has 1 aromatic heterocycles. The van der Waals surface area contributed by atoms with Crippen molar-refractivity contribution < 1.29 is 17.9 Å². The predicted octanol–water partition coefficient (Wildman–Crippen LogP) is 2.65. The van der Waals surface area contributed by atoms with Crippen LogP contribution in [0.25, 0.3) is 11.3 Å². The summed E-state index contributed by atoms with van der Waals surface area (Å²) in [6.07, 6.45) is 3.14. The van der Waals surface area contributed by atoms with Crippen LogP contribution >= 0.6 is 0 Å². The number of anilines is 2. The van der Waals surface area contributed by atoms with Gasteiger partial charge in [-0.05, 0) is 61.4 Å². The van der Waals surface area contributed by atoms with Crippen LogP contribution in [0.3, 0.4) is 0 Å². The second kappa shape index (κ2) is 9.55. The molecule has 0 radical (unpaired) electrons. The molecule has 33 heavy (non-hydrogen) atoms. The molecular weight excluding hydrogens is 442 g/mol. The minimum Gasteiger partial charge on any atom is -0.497 e. The van der Waals surface area contributed by atoms with Crippen LogP contribution in [-0.4, -0.2) is 44.5 Å². The molecule has 3 N–H and O–H groups in total. The van der Waals surface area contributed by atoms with Gasteiger partial charge in [-0.3, -0.25) is 4.79 Å². The number of methoxy groups -OCH3 is 1. The summed E-state index contributed by atoms with van der Waals surface area (Å²) >= 11 is 0. The first-order valence-electron chi connectivity index (χ1n) is 10.5. The Hall–Kier alpha value is -3.50. The average Bonchev–Trinajstić information content (AvgIpc) is 2.84. The van der Waals surface area contributed by atoms with Gasteiger partial charge in [0.2, 0.25) is 15.9 Å². The number of ether oxygens (including phenoxy) is 1. The number of rotatable bonds is 6. The van der Waals surface area contributed by atoms with Crippen LogP contribution in [0.5, 0.6) is 5.75 Å². The summed E-state index contributed by atoms with van der Waals surface area (Å²) in [5.74, 6) is 1.20. The van der Waals surface area contributed by atoms with Crippen molar-refractivity contribution in [2.45, 2.75) is 17.7 Å². The Morgan fingerprint density at radius 2 is 1.85 bits per heavy atom. The van der Waals surface area contributed by atoms with Crippen molar-refractivity contribution >= 4 is 27.4 Å². The highest BCUT2D eigenvalue weighted by Gasteiger charge is 2.27. The van der Waals surface area contributed by atoms with Gasteiger partial charge < -0.3 is 15.0 Å². The lowest BCUT2D eigenvalue weighted by Gasteiger charge is -2.33. The fourth-order valence-corrected chi connectivity index (χ4v) is 4.33. The molecule has 2 aromatic carbocycles. The molecule has 1 fully saturated rings. The van der Waals surface area contributed by atoms with E-state index in [1.165, 1.54) is 30.6 Å². The Bertz CT molecular complexity index is 1230. The van der Waals surface area contributed by atoms with Crippen molar-refractivity contribution in [2.24, 2.45) is 11.1 Å². The minimum atomic E-state index is -3.77. The molecule has 4 rings (SSSR count). The molecule has 10 heteroatoms. The van der Waals surface area contributed by atoms with E-state index in [9.17, 15) is 13.2 Å². The van der Waals surface area contributed by atoms with Gasteiger partial charge in [0.25, 0.3) is 0 Å². The van der Waals surface area contributed by atoms with Gasteiger partial charge in [0.05, 0.1) is 23.6 Å². The molecule has 0 saturated carbocycles. The maximum absolute atomic E-state index is 12.8. The molecule has 3 aromatic rings. The lowest BCUT2D eigenvalue weighted by Crippen LogP contribution is -2.41. The Morgan fingerprint density at radius 1 is 1.12 bits per heavy atom. The van der Waals surface area contributed by atoms with E-state index in [1.54, 1.807) is 7.11 Å². The highest BCUT2D eigenvalue weighted by Crippen LogP contribution is 2.27. The van der Waals surface area contributed by atoms with Crippen LogP contribution in [0.15, 0.2) is 65.8 Å². The van der Waals surface area contributed by atoms with E-state index in [4.69, 9.17) is 9.88 Å². The number of amides is 1. The molecular formula is C23H25N5O4S. The molecule has 2 heterocycles. The van der Waals surface area contributed by atoms with Gasteiger partial charge in [0, 0.05) is 30.4 Å². The third-order valence-electron chi connectivity index (χ3n) is 5.60. The number of benzene rings is 2. The van der Waals surface area contributed by atoms with E-state index < -0.39 is 10.0 Å². The van der Waals surface area contributed by atoms with Crippen LogP contribution in [0.1, 0.15) is 12.8 Å². The van der Waals surface area contributed by atoms with Gasteiger partial charge in [-0.2, -0.15) is 0 Å². The Labute approximate surface area is 192 Å². The van der Waals surface area contributed by atoms with Crippen LogP contribution in [0.4, 0.5) is 11.5 Å². The van der Waals surface area contributed by atoms with Crippen LogP contribution in [0.2, 0.25) is 0 Å². The zero-order valence-corrected chi connectivity index (χ0v) is 19.0. The number of aromatic nitrogens is 2. The molecule has 1 atom stereocenters. The first-order valence-corrected chi connectivity index (χ1v) is 12.0. The monoisotopic (exact) mass is 467 g/mol. The van der Waals surface area contributed by atoms with E-state index in [0.717, 1.165) is 42.2 Å². The van der Waals surface area contributed by atoms with E-state index in [2.05, 4.69) is 20.2 Å². The maximum atomic E-state index is 12.8. The zero-order chi connectivity index (χ0) is 23.4. The summed E-state index contributed by atoms with van der Waals surface area (Å²) in [6, 6.07) is 15.4. The lowest BCUT2D eigenvalue weighted by molar-refractivity contribution is -0.120. The number of sulfonamides is 1. The van der Waals surface area contributed by atoms with Gasteiger partial charge in [-0.1, -0.05) is 0 Å². The number of nitrogens with zero attached hydrogens (tertiary/aromatic N) is 3. The van der Waals surface area contributed by atoms with Crippen molar-refractivity contribution in [3.63, 3.8) is 0 Å². The lowest BCUT2D eigenvalue weighted by atomic mass is 9.97. The number of primary sulfonamides is 1. The van der Waals surface area contributed by atoms with E-state index in [0.29, 0.717) is 12.2 Å². The Morgan fingerprint density at radius 3 is 2.52 bits per heavy atom. The topological polar surface area (TPSA) is 128 Å². The molecule has 9 nitrogen and oxygen atoms in total. The summed E-state index contributed by atoms with van der Waals surface area (Å²) < 4.78 is 28.0. The zero-order valence-electron chi connectivity index (χ0n) is 18.1. The van der Waals surface area contributed by atoms with E-state index >= 15 is 0 Å². The normalized spacial score (nSPS) is 16.3. The van der Waals surface area contributed by atoms with E-state index in [1.807, 2.05) is 30.3 Å². The number of carbonyl (C=O) groups excluding carboxylic acids is 1. The number of nitrogens with one attached hydrogen (secondary N) is 1. The summed E-state index contributed by atoms with van der Waals surface area (Å²) in [6.45, 7) is 1.33. The SMILES string of the molecule is COc1ccc(-c2cc(N3CCCC(C(=O)Nc4ccc(S(N)(=O)=O)cc4)C3)ncn2)cc1. The fourth-order valence-electron chi connectivity index (χ4n) is 3.81. The highest BCUT2D eigenvalue weighted by atomic mass is 32.2. The van der Waals surface area contributed by atoms with Crippen molar-refractivity contribution in [3.8, 4) is 17.0 Å². The number of hydrogen-bond donors (Lipinski definition) is 2. The summed E-state index contributed by atoms with van der Waals surface area (Å²) in [5, 5.41) is 7.98. The third kappa shape index (κ3) is 5.47. The second-order valence-electron chi connectivity index (χ2n) is 7.83. The Kier molecular flexibility index (Phi) is 6.57. The minimum absolute atomic E-state index is 0.000709. The quantitative estimate of drug-likeness (QED) is 0.570. The molecule has 1 aliphatic heterocycles. The molecule has 1 saturated heterocycles. The molecule has 0 spiro atoms. The molecule has 1 unspecified atom stereocenters. The van der Waals surface area contributed by atoms with Gasteiger partial charge in [-0.25, -0.2) is 23.5 Å². The predicted molar refractivity (Wildman–Crippen MR) is 125 cm³/mol. The fraction of sp³-hybridized carbons (Fsp3) is 0.261. The highest BCUT2D eigenvalue weighted by molar-refractivity contribution is 7.89. The van der Waals surface area contributed by atoms with Gasteiger partial charge in [0.1, 0.15) is 17.9 Å². The average molecular weight is 468 g/mol.